The van der Waals surface area contributed by atoms with Gasteiger partial charge in [-0.3, -0.25) is 24.3 Å². The summed E-state index contributed by atoms with van der Waals surface area (Å²) < 4.78 is 13.6. The van der Waals surface area contributed by atoms with Crippen LogP contribution >= 0.6 is 11.8 Å². The number of aromatic nitrogens is 1. The number of nitrogens with one attached hydrogen (secondary N) is 1. The normalized spacial score (nSPS) is 19.9. The number of hydrogen-bond donors (Lipinski definition) is 1. The zero-order valence-electron chi connectivity index (χ0n) is 17.0. The van der Waals surface area contributed by atoms with E-state index in [9.17, 15) is 18.8 Å². The number of carbonyl (C=O) groups excluding carboxylic acids is 3. The molecule has 0 radical (unpaired) electrons. The van der Waals surface area contributed by atoms with E-state index in [1.165, 1.54) is 29.2 Å². The monoisotopic (exact) mass is 441 g/mol. The number of benzene rings is 1. The van der Waals surface area contributed by atoms with Crippen LogP contribution in [0.15, 0.2) is 48.7 Å². The minimum absolute atomic E-state index is 0.0396. The van der Waals surface area contributed by atoms with Crippen molar-refractivity contribution in [2.24, 2.45) is 5.92 Å². The lowest BCUT2D eigenvalue weighted by molar-refractivity contribution is -0.129. The van der Waals surface area contributed by atoms with Gasteiger partial charge in [0.25, 0.3) is 0 Å². The molecule has 1 saturated heterocycles. The zero-order chi connectivity index (χ0) is 21.8. The molecule has 1 aromatic carbocycles. The van der Waals surface area contributed by atoms with Gasteiger partial charge in [0.15, 0.2) is 11.2 Å². The number of thioether (sulfide) groups is 1. The molecule has 1 saturated carbocycles. The standard InChI is InChI=1S/C23H24FN3O3S/c24-16-8-10-18(11-9-16)27(23(30)15-13-20(28)31-14-15)21(19-7-3-4-12-25-19)22(29)26-17-5-1-2-6-17/h3-4,7-12,15,17,21H,1-2,5-6,13-14H2,(H,26,29)/t15-,21+/m0/s1. The van der Waals surface area contributed by atoms with Crippen molar-refractivity contribution in [3.8, 4) is 0 Å². The van der Waals surface area contributed by atoms with E-state index in [2.05, 4.69) is 10.3 Å². The Morgan fingerprint density at radius 1 is 1.13 bits per heavy atom. The Kier molecular flexibility index (Phi) is 6.65. The van der Waals surface area contributed by atoms with E-state index in [1.807, 2.05) is 0 Å². The van der Waals surface area contributed by atoms with Crippen LogP contribution in [-0.2, 0) is 14.4 Å². The molecule has 31 heavy (non-hydrogen) atoms. The molecule has 0 bridgehead atoms. The molecular formula is C23H24FN3O3S. The lowest BCUT2D eigenvalue weighted by Gasteiger charge is -2.33. The minimum Gasteiger partial charge on any atom is -0.351 e. The largest absolute Gasteiger partial charge is 0.351 e. The lowest BCUT2D eigenvalue weighted by Crippen LogP contribution is -2.48. The van der Waals surface area contributed by atoms with Gasteiger partial charge in [-0.15, -0.1) is 0 Å². The molecule has 2 aliphatic rings. The second kappa shape index (κ2) is 9.60. The molecule has 8 heteroatoms. The highest BCUT2D eigenvalue weighted by Gasteiger charge is 2.40. The number of nitrogens with zero attached hydrogens (tertiary/aromatic N) is 2. The van der Waals surface area contributed by atoms with Crippen LogP contribution in [-0.4, -0.2) is 33.7 Å². The van der Waals surface area contributed by atoms with E-state index >= 15 is 0 Å². The fourth-order valence-electron chi connectivity index (χ4n) is 4.14. The summed E-state index contributed by atoms with van der Waals surface area (Å²) in [5.74, 6) is -1.25. The first-order valence-electron chi connectivity index (χ1n) is 10.5. The predicted molar refractivity (Wildman–Crippen MR) is 117 cm³/mol. The molecule has 1 N–H and O–H groups in total. The molecule has 1 aromatic heterocycles. The molecule has 1 aliphatic carbocycles. The molecule has 2 heterocycles. The maximum atomic E-state index is 13.6. The summed E-state index contributed by atoms with van der Waals surface area (Å²) in [7, 11) is 0. The first-order chi connectivity index (χ1) is 15.0. The van der Waals surface area contributed by atoms with Crippen molar-refractivity contribution in [3.05, 3.63) is 60.2 Å². The van der Waals surface area contributed by atoms with Crippen molar-refractivity contribution < 1.29 is 18.8 Å². The van der Waals surface area contributed by atoms with Crippen LogP contribution in [0.3, 0.4) is 0 Å². The second-order valence-corrected chi connectivity index (χ2v) is 8.99. The van der Waals surface area contributed by atoms with Crippen molar-refractivity contribution in [2.45, 2.75) is 44.2 Å². The average Bonchev–Trinajstić information content (AvgIpc) is 3.44. The fourth-order valence-corrected chi connectivity index (χ4v) is 5.11. The smallest absolute Gasteiger partial charge is 0.249 e. The molecule has 6 nitrogen and oxygen atoms in total. The molecule has 162 valence electrons. The minimum atomic E-state index is -1.01. The first kappa shape index (κ1) is 21.5. The summed E-state index contributed by atoms with van der Waals surface area (Å²) in [4.78, 5) is 44.6. The SMILES string of the molecule is O=C1C[C@H](C(=O)N(c2ccc(F)cc2)[C@@H](C(=O)NC2CCCC2)c2ccccn2)CS1. The third kappa shape index (κ3) is 4.95. The zero-order valence-corrected chi connectivity index (χ0v) is 17.8. The Morgan fingerprint density at radius 2 is 1.87 bits per heavy atom. The Balaban J connectivity index is 1.74. The summed E-state index contributed by atoms with van der Waals surface area (Å²) in [6.45, 7) is 0. The summed E-state index contributed by atoms with van der Waals surface area (Å²) >= 11 is 1.13. The molecule has 2 fully saturated rings. The Hall–Kier alpha value is -2.74. The molecule has 2 aromatic rings. The van der Waals surface area contributed by atoms with E-state index in [1.54, 1.807) is 24.4 Å². The number of rotatable bonds is 6. The summed E-state index contributed by atoms with van der Waals surface area (Å²) in [5.41, 5.74) is 0.820. The Labute approximate surface area is 184 Å². The molecular weight excluding hydrogens is 417 g/mol. The van der Waals surface area contributed by atoms with Gasteiger partial charge < -0.3 is 5.32 Å². The van der Waals surface area contributed by atoms with Crippen LogP contribution < -0.4 is 10.2 Å². The third-order valence-corrected chi connectivity index (χ3v) is 6.78. The predicted octanol–water partition coefficient (Wildman–Crippen LogP) is 3.63. The molecule has 2 atom stereocenters. The van der Waals surface area contributed by atoms with E-state index < -0.39 is 17.8 Å². The number of hydrogen-bond acceptors (Lipinski definition) is 5. The van der Waals surface area contributed by atoms with Gasteiger partial charge in [-0.2, -0.15) is 0 Å². The van der Waals surface area contributed by atoms with Crippen molar-refractivity contribution in [1.82, 2.24) is 10.3 Å². The van der Waals surface area contributed by atoms with E-state index in [0.29, 0.717) is 17.1 Å². The second-order valence-electron chi connectivity index (χ2n) is 7.92. The summed E-state index contributed by atoms with van der Waals surface area (Å²) in [5, 5.41) is 3.03. The molecule has 0 spiro atoms. The summed E-state index contributed by atoms with van der Waals surface area (Å²) in [6.07, 6.45) is 5.62. The van der Waals surface area contributed by atoms with Gasteiger partial charge >= 0.3 is 0 Å². The summed E-state index contributed by atoms with van der Waals surface area (Å²) in [6, 6.07) is 9.74. The van der Waals surface area contributed by atoms with Crippen molar-refractivity contribution in [2.75, 3.05) is 10.7 Å². The number of halogens is 1. The van der Waals surface area contributed by atoms with Crippen LogP contribution in [0.2, 0.25) is 0 Å². The fraction of sp³-hybridized carbons (Fsp3) is 0.391. The Morgan fingerprint density at radius 3 is 2.48 bits per heavy atom. The molecule has 4 rings (SSSR count). The van der Waals surface area contributed by atoms with Gasteiger partial charge in [0.05, 0.1) is 11.6 Å². The van der Waals surface area contributed by atoms with Crippen molar-refractivity contribution in [1.29, 1.82) is 0 Å². The van der Waals surface area contributed by atoms with Gasteiger partial charge in [-0.25, -0.2) is 4.39 Å². The third-order valence-electron chi connectivity index (χ3n) is 5.73. The van der Waals surface area contributed by atoms with Crippen LogP contribution in [0, 0.1) is 11.7 Å². The average molecular weight is 442 g/mol. The first-order valence-corrected chi connectivity index (χ1v) is 11.5. The van der Waals surface area contributed by atoms with Gasteiger partial charge in [0, 0.05) is 30.1 Å². The van der Waals surface area contributed by atoms with Gasteiger partial charge in [-0.05, 0) is 49.2 Å². The highest BCUT2D eigenvalue weighted by atomic mass is 32.2. The number of carbonyl (C=O) groups is 3. The van der Waals surface area contributed by atoms with Crippen LogP contribution in [0.4, 0.5) is 10.1 Å². The van der Waals surface area contributed by atoms with Crippen LogP contribution in [0.1, 0.15) is 43.8 Å². The molecule has 1 aliphatic heterocycles. The van der Waals surface area contributed by atoms with Crippen LogP contribution in [0.25, 0.3) is 0 Å². The van der Waals surface area contributed by atoms with Gasteiger partial charge in [0.2, 0.25) is 11.8 Å². The number of anilines is 1. The molecule has 2 amide bonds. The van der Waals surface area contributed by atoms with Gasteiger partial charge in [0.1, 0.15) is 5.82 Å². The Bertz CT molecular complexity index is 948. The lowest BCUT2D eigenvalue weighted by atomic mass is 10.0. The number of amides is 2. The van der Waals surface area contributed by atoms with Crippen molar-refractivity contribution >= 4 is 34.4 Å². The van der Waals surface area contributed by atoms with E-state index in [-0.39, 0.29) is 29.4 Å². The van der Waals surface area contributed by atoms with Crippen molar-refractivity contribution in [3.63, 3.8) is 0 Å². The number of pyridine rings is 1. The highest BCUT2D eigenvalue weighted by Crippen LogP contribution is 2.34. The van der Waals surface area contributed by atoms with E-state index in [4.69, 9.17) is 0 Å². The highest BCUT2D eigenvalue weighted by molar-refractivity contribution is 8.14. The topological polar surface area (TPSA) is 79.4 Å². The quantitative estimate of drug-likeness (QED) is 0.741. The van der Waals surface area contributed by atoms with Gasteiger partial charge in [-0.1, -0.05) is 30.7 Å². The maximum absolute atomic E-state index is 13.6. The maximum Gasteiger partial charge on any atom is 0.249 e. The molecule has 0 unspecified atom stereocenters. The van der Waals surface area contributed by atoms with Crippen LogP contribution in [0.5, 0.6) is 0 Å². The van der Waals surface area contributed by atoms with E-state index in [0.717, 1.165) is 37.4 Å².